The number of hydrogen-bond donors (Lipinski definition) is 0. The summed E-state index contributed by atoms with van der Waals surface area (Å²) in [5.74, 6) is 0.0254. The van der Waals surface area contributed by atoms with Gasteiger partial charge >= 0.3 is 0 Å². The number of sulfonamides is 1. The molecule has 6 heteroatoms. The number of carbonyl (C=O) groups excluding carboxylic acids is 1. The molecular weight excluding hydrogens is 336 g/mol. The quantitative estimate of drug-likeness (QED) is 0.825. The molecule has 25 heavy (non-hydrogen) atoms. The zero-order valence-corrected chi connectivity index (χ0v) is 16.0. The fourth-order valence-corrected chi connectivity index (χ4v) is 6.56. The maximum Gasteiger partial charge on any atom is 0.243 e. The summed E-state index contributed by atoms with van der Waals surface area (Å²) in [4.78, 5) is 14.2. The lowest BCUT2D eigenvalue weighted by atomic mass is 9.80. The van der Waals surface area contributed by atoms with Crippen LogP contribution in [0.4, 0.5) is 0 Å². The van der Waals surface area contributed by atoms with Crippen LogP contribution in [-0.4, -0.2) is 48.2 Å². The molecule has 0 radical (unpaired) electrons. The molecule has 1 amide bonds. The first-order valence-corrected chi connectivity index (χ1v) is 10.7. The molecule has 1 unspecified atom stereocenters. The van der Waals surface area contributed by atoms with Crippen LogP contribution in [0.2, 0.25) is 0 Å². The molecule has 1 aromatic carbocycles. The average Bonchev–Trinajstić information content (AvgIpc) is 2.96. The third kappa shape index (κ3) is 3.34. The first-order valence-electron chi connectivity index (χ1n) is 9.26. The van der Waals surface area contributed by atoms with Crippen LogP contribution in [0, 0.1) is 0 Å². The molecule has 1 aliphatic heterocycles. The SMILES string of the molecule is CCN(C(C)=O)C1CN(S(=O)(=O)c2ccccc2)C2(CCCCC2)C1. The fraction of sp³-hybridized carbons (Fsp3) is 0.632. The number of likely N-dealkylation sites (N-methyl/N-ethyl adjacent to an activating group) is 1. The molecule has 0 bridgehead atoms. The molecule has 1 saturated carbocycles. The van der Waals surface area contributed by atoms with Crippen molar-refractivity contribution < 1.29 is 13.2 Å². The Morgan fingerprint density at radius 2 is 1.84 bits per heavy atom. The van der Waals surface area contributed by atoms with Crippen molar-refractivity contribution in [2.45, 2.75) is 68.8 Å². The van der Waals surface area contributed by atoms with E-state index < -0.39 is 10.0 Å². The molecule has 1 saturated heterocycles. The van der Waals surface area contributed by atoms with Crippen molar-refractivity contribution in [2.24, 2.45) is 0 Å². The number of benzene rings is 1. The molecule has 2 fully saturated rings. The highest BCUT2D eigenvalue weighted by molar-refractivity contribution is 7.89. The van der Waals surface area contributed by atoms with Crippen molar-refractivity contribution >= 4 is 15.9 Å². The standard InChI is InChI=1S/C19H28N2O3S/c1-3-20(16(2)22)17-14-19(12-8-5-9-13-19)21(15-17)25(23,24)18-10-6-4-7-11-18/h4,6-7,10-11,17H,3,5,8-9,12-15H2,1-2H3. The van der Waals surface area contributed by atoms with Crippen molar-refractivity contribution in [3.63, 3.8) is 0 Å². The van der Waals surface area contributed by atoms with Gasteiger partial charge < -0.3 is 4.90 Å². The molecule has 138 valence electrons. The number of carbonyl (C=O) groups is 1. The van der Waals surface area contributed by atoms with E-state index in [0.29, 0.717) is 18.0 Å². The van der Waals surface area contributed by atoms with Crippen LogP contribution in [0.3, 0.4) is 0 Å². The van der Waals surface area contributed by atoms with Gasteiger partial charge in [0.1, 0.15) is 0 Å². The summed E-state index contributed by atoms with van der Waals surface area (Å²) < 4.78 is 28.4. The molecule has 5 nitrogen and oxygen atoms in total. The van der Waals surface area contributed by atoms with E-state index in [1.165, 1.54) is 0 Å². The van der Waals surface area contributed by atoms with Gasteiger partial charge in [-0.1, -0.05) is 37.5 Å². The summed E-state index contributed by atoms with van der Waals surface area (Å²) in [7, 11) is -3.55. The molecule has 1 aromatic rings. The monoisotopic (exact) mass is 364 g/mol. The van der Waals surface area contributed by atoms with E-state index in [2.05, 4.69) is 0 Å². The highest BCUT2D eigenvalue weighted by Gasteiger charge is 2.52. The van der Waals surface area contributed by atoms with Gasteiger partial charge in [-0.05, 0) is 38.3 Å². The van der Waals surface area contributed by atoms with Gasteiger partial charge in [-0.3, -0.25) is 4.79 Å². The maximum atomic E-state index is 13.4. The van der Waals surface area contributed by atoms with Gasteiger partial charge in [-0.15, -0.1) is 0 Å². The second-order valence-electron chi connectivity index (χ2n) is 7.30. The minimum atomic E-state index is -3.55. The minimum absolute atomic E-state index is 0.0254. The van der Waals surface area contributed by atoms with Gasteiger partial charge in [-0.2, -0.15) is 4.31 Å². The Bertz CT molecular complexity index is 711. The topological polar surface area (TPSA) is 57.7 Å². The highest BCUT2D eigenvalue weighted by Crippen LogP contribution is 2.45. The Balaban J connectivity index is 1.99. The first-order chi connectivity index (χ1) is 11.9. The summed E-state index contributed by atoms with van der Waals surface area (Å²) in [5.41, 5.74) is -0.333. The lowest BCUT2D eigenvalue weighted by Crippen LogP contribution is -2.48. The first kappa shape index (κ1) is 18.4. The highest BCUT2D eigenvalue weighted by atomic mass is 32.2. The van der Waals surface area contributed by atoms with Crippen molar-refractivity contribution in [1.29, 1.82) is 0 Å². The fourth-order valence-electron chi connectivity index (χ4n) is 4.67. The van der Waals surface area contributed by atoms with E-state index >= 15 is 0 Å². The van der Waals surface area contributed by atoms with Crippen molar-refractivity contribution in [3.05, 3.63) is 30.3 Å². The van der Waals surface area contributed by atoms with Gasteiger partial charge in [0.15, 0.2) is 0 Å². The molecule has 0 N–H and O–H groups in total. The van der Waals surface area contributed by atoms with Gasteiger partial charge in [0, 0.05) is 31.6 Å². The Kier molecular flexibility index (Phi) is 5.21. The van der Waals surface area contributed by atoms with Crippen molar-refractivity contribution in [2.75, 3.05) is 13.1 Å². The number of rotatable bonds is 4. The van der Waals surface area contributed by atoms with E-state index in [4.69, 9.17) is 0 Å². The third-order valence-electron chi connectivity index (χ3n) is 5.82. The van der Waals surface area contributed by atoms with E-state index in [1.807, 2.05) is 17.9 Å². The summed E-state index contributed by atoms with van der Waals surface area (Å²) in [5, 5.41) is 0. The van der Waals surface area contributed by atoms with Crippen LogP contribution < -0.4 is 0 Å². The van der Waals surface area contributed by atoms with Gasteiger partial charge in [0.05, 0.1) is 4.90 Å². The van der Waals surface area contributed by atoms with Crippen molar-refractivity contribution in [3.8, 4) is 0 Å². The predicted octanol–water partition coefficient (Wildman–Crippen LogP) is 3.02. The molecule has 1 spiro atoms. The van der Waals surface area contributed by atoms with Crippen LogP contribution in [0.15, 0.2) is 35.2 Å². The van der Waals surface area contributed by atoms with E-state index in [9.17, 15) is 13.2 Å². The van der Waals surface area contributed by atoms with Crippen LogP contribution in [0.1, 0.15) is 52.4 Å². The van der Waals surface area contributed by atoms with Gasteiger partial charge in [0.25, 0.3) is 0 Å². The van der Waals surface area contributed by atoms with Crippen LogP contribution in [0.25, 0.3) is 0 Å². The molecule has 1 atom stereocenters. The molecule has 1 heterocycles. The summed E-state index contributed by atoms with van der Waals surface area (Å²) in [6.45, 7) is 4.56. The molecule has 2 aliphatic rings. The summed E-state index contributed by atoms with van der Waals surface area (Å²) in [6.07, 6.45) is 5.82. The lowest BCUT2D eigenvalue weighted by Gasteiger charge is -2.40. The van der Waals surface area contributed by atoms with Crippen LogP contribution in [0.5, 0.6) is 0 Å². The largest absolute Gasteiger partial charge is 0.339 e. The van der Waals surface area contributed by atoms with Crippen LogP contribution in [-0.2, 0) is 14.8 Å². The van der Waals surface area contributed by atoms with Crippen LogP contribution >= 0.6 is 0 Å². The summed E-state index contributed by atoms with van der Waals surface area (Å²) in [6, 6.07) is 8.67. The Labute approximate surface area is 151 Å². The Morgan fingerprint density at radius 1 is 1.20 bits per heavy atom. The van der Waals surface area contributed by atoms with E-state index in [0.717, 1.165) is 38.5 Å². The molecule has 0 aromatic heterocycles. The third-order valence-corrected chi connectivity index (χ3v) is 7.81. The predicted molar refractivity (Wildman–Crippen MR) is 97.6 cm³/mol. The van der Waals surface area contributed by atoms with Gasteiger partial charge in [0.2, 0.25) is 15.9 Å². The maximum absolute atomic E-state index is 13.4. The minimum Gasteiger partial charge on any atom is -0.339 e. The van der Waals surface area contributed by atoms with E-state index in [-0.39, 0.29) is 17.5 Å². The molecule has 1 aliphatic carbocycles. The normalized spacial score (nSPS) is 23.7. The van der Waals surface area contributed by atoms with Crippen molar-refractivity contribution in [1.82, 2.24) is 9.21 Å². The zero-order chi connectivity index (χ0) is 18.1. The average molecular weight is 365 g/mol. The second-order valence-corrected chi connectivity index (χ2v) is 9.16. The molecular formula is C19H28N2O3S. The number of amides is 1. The zero-order valence-electron chi connectivity index (χ0n) is 15.1. The second kappa shape index (κ2) is 7.08. The smallest absolute Gasteiger partial charge is 0.243 e. The number of nitrogens with zero attached hydrogens (tertiary/aromatic N) is 2. The van der Waals surface area contributed by atoms with E-state index in [1.54, 1.807) is 35.5 Å². The lowest BCUT2D eigenvalue weighted by molar-refractivity contribution is -0.130. The van der Waals surface area contributed by atoms with Gasteiger partial charge in [-0.25, -0.2) is 8.42 Å². The molecule has 3 rings (SSSR count). The number of hydrogen-bond acceptors (Lipinski definition) is 3. The summed E-state index contributed by atoms with van der Waals surface area (Å²) >= 11 is 0. The Hall–Kier alpha value is -1.40. The Morgan fingerprint density at radius 3 is 2.40 bits per heavy atom.